The van der Waals surface area contributed by atoms with Crippen LogP contribution in [0.5, 0.6) is 0 Å². The van der Waals surface area contributed by atoms with Crippen molar-refractivity contribution in [3.63, 3.8) is 0 Å². The fraction of sp³-hybridized carbons (Fsp3) is 0.982. The fourth-order valence-electron chi connectivity index (χ4n) is 8.80. The maximum atomic E-state index is 12.3. The lowest BCUT2D eigenvalue weighted by Gasteiger charge is -2.16. The highest BCUT2D eigenvalue weighted by Crippen LogP contribution is 2.18. The molecule has 1 N–H and O–H groups in total. The highest BCUT2D eigenvalue weighted by atomic mass is 16.6. The van der Waals surface area contributed by atoms with Crippen LogP contribution in [-0.4, -0.2) is 37.0 Å². The number of aliphatic hydroxyl groups is 1. The van der Waals surface area contributed by atoms with Gasteiger partial charge in [0.15, 0.2) is 0 Å². The lowest BCUT2D eigenvalue weighted by Crippen LogP contribution is -2.27. The number of ether oxygens (including phenoxy) is 2. The second-order valence-electron chi connectivity index (χ2n) is 19.0. The van der Waals surface area contributed by atoms with E-state index in [1.54, 1.807) is 0 Å². The smallest absolute Gasteiger partial charge is 0.306 e. The molecule has 4 heteroatoms. The van der Waals surface area contributed by atoms with Crippen molar-refractivity contribution >= 4 is 5.97 Å². The quantitative estimate of drug-likeness (QED) is 0.0490. The molecule has 0 saturated heterocycles. The molecule has 0 aliphatic heterocycles. The largest absolute Gasteiger partial charge is 0.457 e. The van der Waals surface area contributed by atoms with E-state index in [-0.39, 0.29) is 12.6 Å². The third-order valence-corrected chi connectivity index (χ3v) is 12.9. The minimum atomic E-state index is -0.526. The Hall–Kier alpha value is -0.610. The Balaban J connectivity index is 3.31. The molecule has 0 saturated carbocycles. The molecule has 0 rings (SSSR count). The minimum Gasteiger partial charge on any atom is -0.457 e. The first-order valence-corrected chi connectivity index (χ1v) is 27.6. The van der Waals surface area contributed by atoms with Crippen LogP contribution in [0, 0.1) is 0 Å². The average molecular weight is 835 g/mol. The van der Waals surface area contributed by atoms with Gasteiger partial charge in [0.2, 0.25) is 0 Å². The van der Waals surface area contributed by atoms with E-state index in [1.165, 1.54) is 283 Å². The topological polar surface area (TPSA) is 55.8 Å². The Kier molecular flexibility index (Phi) is 53.0. The normalized spacial score (nSPS) is 12.1. The summed E-state index contributed by atoms with van der Waals surface area (Å²) in [5, 5.41) is 9.67. The van der Waals surface area contributed by atoms with Crippen LogP contribution >= 0.6 is 0 Å². The predicted molar refractivity (Wildman–Crippen MR) is 261 cm³/mol. The van der Waals surface area contributed by atoms with Crippen molar-refractivity contribution in [2.45, 2.75) is 328 Å². The fourth-order valence-corrected chi connectivity index (χ4v) is 8.80. The van der Waals surface area contributed by atoms with Gasteiger partial charge in [-0.1, -0.05) is 303 Å². The van der Waals surface area contributed by atoms with Crippen molar-refractivity contribution in [3.05, 3.63) is 0 Å². The summed E-state index contributed by atoms with van der Waals surface area (Å²) in [6.07, 6.45) is 65.1. The molecule has 1 atom stereocenters. The number of carbonyl (C=O) groups is 1. The number of hydrogen-bond acceptors (Lipinski definition) is 4. The molecule has 0 aromatic heterocycles. The van der Waals surface area contributed by atoms with Crippen molar-refractivity contribution in [1.82, 2.24) is 0 Å². The number of carbonyl (C=O) groups excluding carboxylic acids is 1. The van der Waals surface area contributed by atoms with Crippen molar-refractivity contribution in [2.24, 2.45) is 0 Å². The van der Waals surface area contributed by atoms with E-state index in [2.05, 4.69) is 13.8 Å². The summed E-state index contributed by atoms with van der Waals surface area (Å²) in [5.74, 6) is -0.189. The lowest BCUT2D eigenvalue weighted by molar-refractivity contribution is -0.154. The molecule has 0 spiro atoms. The Morgan fingerprint density at radius 1 is 0.339 bits per heavy atom. The highest BCUT2D eigenvalue weighted by molar-refractivity contribution is 5.69. The van der Waals surface area contributed by atoms with Gasteiger partial charge >= 0.3 is 5.97 Å². The molecule has 1 unspecified atom stereocenters. The summed E-state index contributed by atoms with van der Waals surface area (Å²) in [5.41, 5.74) is 0. The average Bonchev–Trinajstić information content (AvgIpc) is 3.24. The zero-order chi connectivity index (χ0) is 42.6. The molecule has 4 nitrogen and oxygen atoms in total. The standard InChI is InChI=1S/C55H110O4/c1-3-5-7-9-11-13-15-17-19-21-23-25-27-28-29-30-32-34-36-38-40-42-44-46-48-50-55(57)59-54(52-56)53-58-51-49-47-45-43-41-39-37-35-33-31-26-24-22-20-18-16-14-12-10-8-6-4-2/h54,56H,3-53H2,1-2H3. The molecule has 0 amide bonds. The summed E-state index contributed by atoms with van der Waals surface area (Å²) >= 11 is 0. The Labute approximate surface area is 372 Å². The molecule has 0 bridgehead atoms. The van der Waals surface area contributed by atoms with Gasteiger partial charge < -0.3 is 14.6 Å². The summed E-state index contributed by atoms with van der Waals surface area (Å²) in [6, 6.07) is 0. The van der Waals surface area contributed by atoms with Gasteiger partial charge in [0, 0.05) is 13.0 Å². The van der Waals surface area contributed by atoms with Crippen LogP contribution in [0.2, 0.25) is 0 Å². The number of unbranched alkanes of at least 4 members (excludes halogenated alkanes) is 45. The van der Waals surface area contributed by atoms with E-state index in [1.807, 2.05) is 0 Å². The molecular formula is C55H110O4. The number of hydrogen-bond donors (Lipinski definition) is 1. The van der Waals surface area contributed by atoms with E-state index in [0.29, 0.717) is 19.6 Å². The van der Waals surface area contributed by atoms with Gasteiger partial charge in [-0.2, -0.15) is 0 Å². The van der Waals surface area contributed by atoms with Crippen LogP contribution < -0.4 is 0 Å². The maximum absolute atomic E-state index is 12.3. The van der Waals surface area contributed by atoms with Gasteiger partial charge in [-0.05, 0) is 12.8 Å². The van der Waals surface area contributed by atoms with Crippen molar-refractivity contribution in [3.8, 4) is 0 Å². The Morgan fingerprint density at radius 3 is 0.797 bits per heavy atom. The van der Waals surface area contributed by atoms with Crippen LogP contribution in [-0.2, 0) is 14.3 Å². The van der Waals surface area contributed by atoms with E-state index < -0.39 is 6.10 Å². The van der Waals surface area contributed by atoms with Gasteiger partial charge in [0.1, 0.15) is 6.10 Å². The molecule has 59 heavy (non-hydrogen) atoms. The maximum Gasteiger partial charge on any atom is 0.306 e. The van der Waals surface area contributed by atoms with Gasteiger partial charge in [0.05, 0.1) is 13.2 Å². The van der Waals surface area contributed by atoms with Gasteiger partial charge in [-0.25, -0.2) is 0 Å². The zero-order valence-electron chi connectivity index (χ0n) is 40.8. The Bertz CT molecular complexity index is 755. The molecule has 0 aliphatic rings. The SMILES string of the molecule is CCCCCCCCCCCCCCCCCCCCCCCCCCCC(=O)OC(CO)COCCCCCCCCCCCCCCCCCCCCCCCC. The van der Waals surface area contributed by atoms with E-state index in [0.717, 1.165) is 19.3 Å². The monoisotopic (exact) mass is 835 g/mol. The highest BCUT2D eigenvalue weighted by Gasteiger charge is 2.13. The van der Waals surface area contributed by atoms with Gasteiger partial charge in [0.25, 0.3) is 0 Å². The molecule has 0 heterocycles. The molecule has 0 radical (unpaired) electrons. The number of rotatable bonds is 53. The summed E-state index contributed by atoms with van der Waals surface area (Å²) in [7, 11) is 0. The summed E-state index contributed by atoms with van der Waals surface area (Å²) in [6.45, 7) is 5.43. The second-order valence-corrected chi connectivity index (χ2v) is 19.0. The Morgan fingerprint density at radius 2 is 0.559 bits per heavy atom. The van der Waals surface area contributed by atoms with Gasteiger partial charge in [-0.3, -0.25) is 4.79 Å². The van der Waals surface area contributed by atoms with Crippen molar-refractivity contribution in [1.29, 1.82) is 0 Å². The molecule has 354 valence electrons. The van der Waals surface area contributed by atoms with E-state index in [4.69, 9.17) is 9.47 Å². The molecule has 0 aromatic rings. The third kappa shape index (κ3) is 51.6. The number of esters is 1. The number of aliphatic hydroxyl groups excluding tert-OH is 1. The van der Waals surface area contributed by atoms with Gasteiger partial charge in [-0.15, -0.1) is 0 Å². The third-order valence-electron chi connectivity index (χ3n) is 12.9. The molecule has 0 fully saturated rings. The molecule has 0 aliphatic carbocycles. The predicted octanol–water partition coefficient (Wildman–Crippen LogP) is 18.7. The minimum absolute atomic E-state index is 0.162. The first-order chi connectivity index (χ1) is 29.2. The summed E-state index contributed by atoms with van der Waals surface area (Å²) < 4.78 is 11.2. The van der Waals surface area contributed by atoms with E-state index >= 15 is 0 Å². The van der Waals surface area contributed by atoms with Crippen LogP contribution in [0.4, 0.5) is 0 Å². The first-order valence-electron chi connectivity index (χ1n) is 27.6. The summed E-state index contributed by atoms with van der Waals surface area (Å²) in [4.78, 5) is 12.3. The van der Waals surface area contributed by atoms with Crippen LogP contribution in [0.1, 0.15) is 322 Å². The zero-order valence-corrected chi connectivity index (χ0v) is 40.8. The lowest BCUT2D eigenvalue weighted by atomic mass is 10.0. The molecular weight excluding hydrogens is 725 g/mol. The van der Waals surface area contributed by atoms with Crippen LogP contribution in [0.15, 0.2) is 0 Å². The van der Waals surface area contributed by atoms with Crippen molar-refractivity contribution < 1.29 is 19.4 Å². The first kappa shape index (κ1) is 58.4. The van der Waals surface area contributed by atoms with E-state index in [9.17, 15) is 9.90 Å². The van der Waals surface area contributed by atoms with Crippen LogP contribution in [0.3, 0.4) is 0 Å². The molecule has 0 aromatic carbocycles. The second kappa shape index (κ2) is 53.5. The van der Waals surface area contributed by atoms with Crippen LogP contribution in [0.25, 0.3) is 0 Å². The van der Waals surface area contributed by atoms with Crippen molar-refractivity contribution in [2.75, 3.05) is 19.8 Å².